The number of likely N-dealkylation sites (N-methyl/N-ethyl adjacent to an activating group) is 1. The molecule has 92 valence electrons. The van der Waals surface area contributed by atoms with E-state index < -0.39 is 0 Å². The lowest BCUT2D eigenvalue weighted by molar-refractivity contribution is -0.129. The van der Waals surface area contributed by atoms with Crippen molar-refractivity contribution in [3.63, 3.8) is 0 Å². The number of carbonyl (C=O) groups excluding carboxylic acids is 1. The van der Waals surface area contributed by atoms with E-state index in [0.717, 1.165) is 45.7 Å². The molecule has 2 atom stereocenters. The normalized spacial score (nSPS) is 30.3. The van der Waals surface area contributed by atoms with E-state index in [1.165, 1.54) is 6.42 Å². The average Bonchev–Trinajstić information content (AvgIpc) is 2.89. The number of rotatable bonds is 5. The Morgan fingerprint density at radius 1 is 1.50 bits per heavy atom. The maximum Gasteiger partial charge on any atom is 0.239 e. The Balaban J connectivity index is 1.72. The smallest absolute Gasteiger partial charge is 0.239 e. The predicted octanol–water partition coefficient (Wildman–Crippen LogP) is 0.623. The number of likely N-dealkylation sites (tertiary alicyclic amines) is 1. The Morgan fingerprint density at radius 2 is 2.38 bits per heavy atom. The molecule has 0 bridgehead atoms. The van der Waals surface area contributed by atoms with Crippen molar-refractivity contribution in [3.8, 4) is 0 Å². The van der Waals surface area contributed by atoms with Crippen LogP contribution in [0, 0.1) is 5.92 Å². The molecule has 2 aliphatic rings. The van der Waals surface area contributed by atoms with Crippen LogP contribution >= 0.6 is 0 Å². The van der Waals surface area contributed by atoms with E-state index >= 15 is 0 Å². The molecular formula is C12H22N2O2. The second kappa shape index (κ2) is 5.64. The van der Waals surface area contributed by atoms with Gasteiger partial charge in [-0.15, -0.1) is 0 Å². The number of nitrogens with zero attached hydrogens (tertiary/aromatic N) is 1. The van der Waals surface area contributed by atoms with Gasteiger partial charge in [0.2, 0.25) is 5.91 Å². The Labute approximate surface area is 97.3 Å². The molecule has 1 amide bonds. The summed E-state index contributed by atoms with van der Waals surface area (Å²) < 4.78 is 5.34. The molecule has 0 aromatic rings. The zero-order valence-corrected chi connectivity index (χ0v) is 10.1. The molecule has 0 aliphatic carbocycles. The van der Waals surface area contributed by atoms with Gasteiger partial charge in [-0.3, -0.25) is 4.79 Å². The van der Waals surface area contributed by atoms with Crippen LogP contribution in [-0.2, 0) is 9.53 Å². The van der Waals surface area contributed by atoms with Crippen molar-refractivity contribution in [2.75, 3.05) is 32.8 Å². The summed E-state index contributed by atoms with van der Waals surface area (Å²) in [5.41, 5.74) is 0. The molecule has 2 saturated heterocycles. The third-order valence-electron chi connectivity index (χ3n) is 3.58. The fraction of sp³-hybridized carbons (Fsp3) is 0.917. The van der Waals surface area contributed by atoms with Gasteiger partial charge < -0.3 is 15.0 Å². The van der Waals surface area contributed by atoms with Crippen molar-refractivity contribution in [2.45, 2.75) is 32.2 Å². The molecule has 4 nitrogen and oxygen atoms in total. The predicted molar refractivity (Wildman–Crippen MR) is 62.2 cm³/mol. The van der Waals surface area contributed by atoms with Crippen LogP contribution in [0.4, 0.5) is 0 Å². The molecule has 16 heavy (non-hydrogen) atoms. The van der Waals surface area contributed by atoms with Crippen molar-refractivity contribution in [3.05, 3.63) is 0 Å². The minimum atomic E-state index is 0.0739. The van der Waals surface area contributed by atoms with Crippen LogP contribution in [-0.4, -0.2) is 49.7 Å². The van der Waals surface area contributed by atoms with Gasteiger partial charge in [0, 0.05) is 26.3 Å². The summed E-state index contributed by atoms with van der Waals surface area (Å²) in [4.78, 5) is 13.9. The topological polar surface area (TPSA) is 41.6 Å². The number of nitrogens with one attached hydrogen (secondary N) is 1. The molecule has 2 aliphatic heterocycles. The van der Waals surface area contributed by atoms with E-state index in [0.29, 0.717) is 11.8 Å². The lowest BCUT2D eigenvalue weighted by Gasteiger charge is -2.18. The summed E-state index contributed by atoms with van der Waals surface area (Å²) in [7, 11) is 0. The van der Waals surface area contributed by atoms with Crippen LogP contribution in [0.15, 0.2) is 0 Å². The van der Waals surface area contributed by atoms with Crippen molar-refractivity contribution in [2.24, 2.45) is 5.92 Å². The van der Waals surface area contributed by atoms with E-state index in [4.69, 9.17) is 4.74 Å². The maximum absolute atomic E-state index is 11.9. The summed E-state index contributed by atoms with van der Waals surface area (Å²) in [6.07, 6.45) is 3.23. The first-order chi connectivity index (χ1) is 7.81. The largest absolute Gasteiger partial charge is 0.381 e. The first-order valence-corrected chi connectivity index (χ1v) is 6.41. The van der Waals surface area contributed by atoms with Gasteiger partial charge in [0.1, 0.15) is 0 Å². The number of carbonyl (C=O) groups is 1. The van der Waals surface area contributed by atoms with Crippen LogP contribution < -0.4 is 5.32 Å². The van der Waals surface area contributed by atoms with E-state index in [2.05, 4.69) is 5.32 Å². The minimum Gasteiger partial charge on any atom is -0.381 e. The second-order valence-corrected chi connectivity index (χ2v) is 4.74. The molecule has 2 fully saturated rings. The van der Waals surface area contributed by atoms with Crippen LogP contribution in [0.5, 0.6) is 0 Å². The molecule has 2 unspecified atom stereocenters. The van der Waals surface area contributed by atoms with Gasteiger partial charge in [-0.2, -0.15) is 0 Å². The average molecular weight is 226 g/mol. The Kier molecular flexibility index (Phi) is 4.18. The lowest BCUT2D eigenvalue weighted by Crippen LogP contribution is -2.38. The third kappa shape index (κ3) is 2.74. The second-order valence-electron chi connectivity index (χ2n) is 4.74. The zero-order valence-electron chi connectivity index (χ0n) is 10.1. The first-order valence-electron chi connectivity index (χ1n) is 6.41. The Morgan fingerprint density at radius 3 is 3.06 bits per heavy atom. The molecular weight excluding hydrogens is 204 g/mol. The molecule has 1 N–H and O–H groups in total. The van der Waals surface area contributed by atoms with Gasteiger partial charge in [-0.25, -0.2) is 0 Å². The third-order valence-corrected chi connectivity index (χ3v) is 3.58. The van der Waals surface area contributed by atoms with Crippen molar-refractivity contribution < 1.29 is 9.53 Å². The van der Waals surface area contributed by atoms with E-state index in [-0.39, 0.29) is 6.04 Å². The highest BCUT2D eigenvalue weighted by Gasteiger charge is 2.31. The van der Waals surface area contributed by atoms with Crippen molar-refractivity contribution in [1.82, 2.24) is 10.2 Å². The Bertz CT molecular complexity index is 239. The van der Waals surface area contributed by atoms with Gasteiger partial charge in [-0.05, 0) is 31.7 Å². The number of amides is 1. The standard InChI is InChI=1S/C12H22N2O2/c1-2-13-11-4-7-14(12(11)15)6-3-10-5-8-16-9-10/h10-11,13H,2-9H2,1H3. The Hall–Kier alpha value is -0.610. The van der Waals surface area contributed by atoms with Gasteiger partial charge in [-0.1, -0.05) is 6.92 Å². The van der Waals surface area contributed by atoms with Gasteiger partial charge in [0.05, 0.1) is 6.04 Å². The fourth-order valence-corrected chi connectivity index (χ4v) is 2.55. The molecule has 4 heteroatoms. The van der Waals surface area contributed by atoms with E-state index in [1.807, 2.05) is 11.8 Å². The number of hydrogen-bond donors (Lipinski definition) is 1. The molecule has 2 heterocycles. The quantitative estimate of drug-likeness (QED) is 0.747. The number of hydrogen-bond acceptors (Lipinski definition) is 3. The fourth-order valence-electron chi connectivity index (χ4n) is 2.55. The van der Waals surface area contributed by atoms with Crippen molar-refractivity contribution in [1.29, 1.82) is 0 Å². The van der Waals surface area contributed by atoms with E-state index in [9.17, 15) is 4.79 Å². The van der Waals surface area contributed by atoms with Crippen LogP contribution in [0.3, 0.4) is 0 Å². The molecule has 0 spiro atoms. The highest BCUT2D eigenvalue weighted by molar-refractivity contribution is 5.83. The summed E-state index contributed by atoms with van der Waals surface area (Å²) in [5, 5.41) is 3.24. The monoisotopic (exact) mass is 226 g/mol. The highest BCUT2D eigenvalue weighted by Crippen LogP contribution is 2.19. The summed E-state index contributed by atoms with van der Waals surface area (Å²) in [5.74, 6) is 0.965. The molecule has 0 aromatic carbocycles. The molecule has 2 rings (SSSR count). The number of ether oxygens (including phenoxy) is 1. The lowest BCUT2D eigenvalue weighted by atomic mass is 10.1. The SMILES string of the molecule is CCNC1CCN(CCC2CCOC2)C1=O. The first kappa shape index (κ1) is 11.9. The summed E-state index contributed by atoms with van der Waals surface area (Å²) in [6, 6.07) is 0.0739. The van der Waals surface area contributed by atoms with Gasteiger partial charge in [0.15, 0.2) is 0 Å². The van der Waals surface area contributed by atoms with Gasteiger partial charge >= 0.3 is 0 Å². The maximum atomic E-state index is 11.9. The molecule has 0 saturated carbocycles. The van der Waals surface area contributed by atoms with Crippen LogP contribution in [0.1, 0.15) is 26.2 Å². The van der Waals surface area contributed by atoms with Crippen LogP contribution in [0.25, 0.3) is 0 Å². The van der Waals surface area contributed by atoms with E-state index in [1.54, 1.807) is 0 Å². The minimum absolute atomic E-state index is 0.0739. The van der Waals surface area contributed by atoms with Gasteiger partial charge in [0.25, 0.3) is 0 Å². The van der Waals surface area contributed by atoms with Crippen LogP contribution in [0.2, 0.25) is 0 Å². The summed E-state index contributed by atoms with van der Waals surface area (Å²) >= 11 is 0. The molecule has 0 radical (unpaired) electrons. The zero-order chi connectivity index (χ0) is 11.4. The summed E-state index contributed by atoms with van der Waals surface area (Å²) in [6.45, 7) is 6.54. The highest BCUT2D eigenvalue weighted by atomic mass is 16.5. The van der Waals surface area contributed by atoms with Crippen molar-refractivity contribution >= 4 is 5.91 Å². The molecule has 0 aromatic heterocycles.